The molecule has 1 fully saturated rings. The normalized spacial score (nSPS) is 17.8. The maximum atomic E-state index is 14.9. The first-order valence-electron chi connectivity index (χ1n) is 18.6. The number of hydrogen-bond donors (Lipinski definition) is 1. The fourth-order valence-electron chi connectivity index (χ4n) is 7.22. The van der Waals surface area contributed by atoms with Crippen molar-refractivity contribution in [2.45, 2.75) is 57.7 Å². The summed E-state index contributed by atoms with van der Waals surface area (Å²) in [5.41, 5.74) is 0.990. The molecule has 2 amide bonds. The number of methoxy groups -OCH3 is 3. The Morgan fingerprint density at radius 2 is 1.75 bits per heavy atom. The highest BCUT2D eigenvalue weighted by atomic mass is 32.2. The lowest BCUT2D eigenvalue weighted by molar-refractivity contribution is -0.122. The van der Waals surface area contributed by atoms with Crippen LogP contribution in [0, 0.1) is 17.6 Å². The Balaban J connectivity index is 1.42. The van der Waals surface area contributed by atoms with Crippen molar-refractivity contribution in [1.29, 1.82) is 0 Å². The summed E-state index contributed by atoms with van der Waals surface area (Å²) in [7, 11) is 0.239. The summed E-state index contributed by atoms with van der Waals surface area (Å²) in [4.78, 5) is 35.6. The van der Waals surface area contributed by atoms with Crippen molar-refractivity contribution in [1.82, 2.24) is 24.7 Å². The second-order valence-electron chi connectivity index (χ2n) is 14.5. The van der Waals surface area contributed by atoms with Crippen LogP contribution in [0.3, 0.4) is 0 Å². The number of pyridine rings is 1. The molecule has 2 bridgehead atoms. The largest absolute Gasteiger partial charge is 0.493 e. The van der Waals surface area contributed by atoms with Crippen molar-refractivity contribution in [2.24, 2.45) is 5.92 Å². The molecule has 17 heteroatoms. The third-order valence-corrected chi connectivity index (χ3v) is 12.0. The highest BCUT2D eigenvalue weighted by Gasteiger charge is 2.31. The Morgan fingerprint density at radius 1 is 0.982 bits per heavy atom. The molecule has 0 radical (unpaired) electrons. The van der Waals surface area contributed by atoms with Crippen molar-refractivity contribution in [3.05, 3.63) is 70.6 Å². The van der Waals surface area contributed by atoms with Gasteiger partial charge in [-0.25, -0.2) is 22.2 Å². The van der Waals surface area contributed by atoms with Gasteiger partial charge in [0.05, 0.1) is 39.1 Å². The van der Waals surface area contributed by atoms with Crippen LogP contribution >= 0.6 is 0 Å². The Hall–Kier alpha value is -5.03. The van der Waals surface area contributed by atoms with E-state index in [1.54, 1.807) is 12.1 Å². The number of carbonyl (C=O) groups excluding carboxylic acids is 2. The number of piperidine rings is 1. The number of ether oxygens (including phenoxy) is 3. The van der Waals surface area contributed by atoms with Gasteiger partial charge in [0.2, 0.25) is 21.7 Å². The van der Waals surface area contributed by atoms with Crippen LogP contribution in [0.2, 0.25) is 0 Å². The van der Waals surface area contributed by atoms with Gasteiger partial charge in [0.25, 0.3) is 5.91 Å². The van der Waals surface area contributed by atoms with Crippen LogP contribution < -0.4 is 24.4 Å². The number of benzene rings is 2. The first-order valence-corrected chi connectivity index (χ1v) is 20.2. The minimum absolute atomic E-state index is 0.00463. The zero-order valence-corrected chi connectivity index (χ0v) is 33.1. The zero-order valence-electron chi connectivity index (χ0n) is 32.3. The summed E-state index contributed by atoms with van der Waals surface area (Å²) in [5, 5.41) is 7.54. The van der Waals surface area contributed by atoms with Crippen molar-refractivity contribution < 1.29 is 45.5 Å². The lowest BCUT2D eigenvalue weighted by atomic mass is 9.97. The molecular weight excluding hydrogens is 751 g/mol. The van der Waals surface area contributed by atoms with Gasteiger partial charge >= 0.3 is 0 Å². The molecule has 6 rings (SSSR count). The van der Waals surface area contributed by atoms with Crippen molar-refractivity contribution in [3.8, 4) is 17.2 Å². The lowest BCUT2D eigenvalue weighted by Gasteiger charge is -2.36. The number of hydrogen-bond acceptors (Lipinski definition) is 11. The minimum atomic E-state index is -4.25. The van der Waals surface area contributed by atoms with Gasteiger partial charge in [-0.3, -0.25) is 9.59 Å². The minimum Gasteiger partial charge on any atom is -0.493 e. The van der Waals surface area contributed by atoms with Crippen LogP contribution in [0.15, 0.2) is 40.9 Å². The van der Waals surface area contributed by atoms with E-state index in [9.17, 15) is 26.8 Å². The van der Waals surface area contributed by atoms with Gasteiger partial charge in [0, 0.05) is 79.9 Å². The van der Waals surface area contributed by atoms with Crippen LogP contribution in [0.4, 0.5) is 14.6 Å². The van der Waals surface area contributed by atoms with E-state index in [1.807, 2.05) is 19.9 Å². The van der Waals surface area contributed by atoms with Crippen molar-refractivity contribution >= 4 is 38.6 Å². The molecule has 0 saturated carbocycles. The van der Waals surface area contributed by atoms with Gasteiger partial charge in [-0.15, -0.1) is 0 Å². The van der Waals surface area contributed by atoms with Gasteiger partial charge in [-0.2, -0.15) is 4.31 Å². The summed E-state index contributed by atoms with van der Waals surface area (Å²) in [6, 6.07) is 7.95. The van der Waals surface area contributed by atoms with Gasteiger partial charge in [0.15, 0.2) is 17.2 Å². The molecule has 1 unspecified atom stereocenters. The van der Waals surface area contributed by atoms with Crippen molar-refractivity contribution in [3.63, 3.8) is 0 Å². The predicted molar refractivity (Wildman–Crippen MR) is 204 cm³/mol. The number of fused-ring (bicyclic) bond motifs is 5. The zero-order chi connectivity index (χ0) is 40.1. The molecule has 2 aromatic carbocycles. The molecule has 1 N–H and O–H groups in total. The first-order chi connectivity index (χ1) is 26.8. The topological polar surface area (TPSA) is 157 Å². The second kappa shape index (κ2) is 17.4. The summed E-state index contributed by atoms with van der Waals surface area (Å²) >= 11 is 0. The summed E-state index contributed by atoms with van der Waals surface area (Å²) in [6.07, 6.45) is 2.17. The van der Waals surface area contributed by atoms with E-state index in [4.69, 9.17) is 23.7 Å². The third-order valence-electron chi connectivity index (χ3n) is 10.2. The highest BCUT2D eigenvalue weighted by molar-refractivity contribution is 7.88. The first kappa shape index (κ1) is 40.6. The Bertz CT molecular complexity index is 2180. The van der Waals surface area contributed by atoms with E-state index < -0.39 is 33.3 Å². The van der Waals surface area contributed by atoms with Crippen LogP contribution in [0.25, 0.3) is 10.9 Å². The van der Waals surface area contributed by atoms with Gasteiger partial charge < -0.3 is 33.9 Å². The van der Waals surface area contributed by atoms with E-state index in [0.717, 1.165) is 25.0 Å². The molecule has 2 aliphatic rings. The number of nitrogens with one attached hydrogen (secondary N) is 1. The van der Waals surface area contributed by atoms with Gasteiger partial charge in [0.1, 0.15) is 23.2 Å². The molecule has 0 aliphatic carbocycles. The molecule has 14 nitrogen and oxygen atoms in total. The molecule has 1 atom stereocenters. The molecule has 302 valence electrons. The maximum absolute atomic E-state index is 14.9. The predicted octanol–water partition coefficient (Wildman–Crippen LogP) is 5.25. The molecule has 2 aromatic heterocycles. The number of sulfonamides is 1. The fourth-order valence-corrected chi connectivity index (χ4v) is 8.78. The summed E-state index contributed by atoms with van der Waals surface area (Å²) in [6.45, 7) is 5.02. The van der Waals surface area contributed by atoms with E-state index in [2.05, 4.69) is 15.4 Å². The Labute approximate surface area is 325 Å². The number of aromatic nitrogens is 2. The average molecular weight is 799 g/mol. The highest BCUT2D eigenvalue weighted by Crippen LogP contribution is 2.44. The quantitative estimate of drug-likeness (QED) is 0.249. The van der Waals surface area contributed by atoms with E-state index in [0.29, 0.717) is 77.4 Å². The molecule has 2 aliphatic heterocycles. The van der Waals surface area contributed by atoms with Crippen molar-refractivity contribution in [2.75, 3.05) is 65.5 Å². The lowest BCUT2D eigenvalue weighted by Crippen LogP contribution is -2.46. The molecule has 4 aromatic rings. The number of anilines is 1. The van der Waals surface area contributed by atoms with Gasteiger partial charge in [-0.05, 0) is 43.7 Å². The molecule has 56 heavy (non-hydrogen) atoms. The Morgan fingerprint density at radius 3 is 2.45 bits per heavy atom. The third kappa shape index (κ3) is 8.99. The monoisotopic (exact) mass is 798 g/mol. The number of halogens is 2. The average Bonchev–Trinajstić information content (AvgIpc) is 3.68. The number of nitrogens with zero attached hydrogens (tertiary/aromatic N) is 5. The smallest absolute Gasteiger partial charge is 0.276 e. The fraction of sp³-hybridized carbons (Fsp3) is 0.487. The second-order valence-corrected chi connectivity index (χ2v) is 16.4. The van der Waals surface area contributed by atoms with Crippen LogP contribution in [-0.2, 0) is 27.1 Å². The van der Waals surface area contributed by atoms with E-state index in [-0.39, 0.29) is 61.6 Å². The maximum Gasteiger partial charge on any atom is 0.276 e. The van der Waals surface area contributed by atoms with E-state index >= 15 is 0 Å². The van der Waals surface area contributed by atoms with Crippen LogP contribution in [0.1, 0.15) is 72.8 Å². The molecule has 0 spiro atoms. The Kier molecular flexibility index (Phi) is 12.6. The number of carbonyl (C=O) groups is 2. The summed E-state index contributed by atoms with van der Waals surface area (Å²) < 4.78 is 81.0. The number of rotatable bonds is 8. The van der Waals surface area contributed by atoms with Crippen LogP contribution in [-0.4, -0.2) is 100 Å². The molecule has 4 heterocycles. The summed E-state index contributed by atoms with van der Waals surface area (Å²) in [5.74, 6) is -1.14. The SMILES string of the molecule is COc1cc2nc3c(cc2c(OC)c1OC)CN(S(=O)(=O)Cc1ccc(F)cc1F)CCCCN(C(=O)c1cc(C(C)C)on1)CC(=O)NCC1CCCN3C1. The molecule has 1 saturated heterocycles. The number of amides is 2. The standard InChI is InChI=1S/C39H48F2N6O8S/c1-24(2)33-18-32(44-55-33)39(49)46-12-6-7-14-47(56(50,51)23-26-10-11-28(40)16-30(26)41)21-27-15-29-31(17-34(52-3)37(54-5)36(29)53-4)43-38(27)45-13-8-9-25(20-45)19-42-35(48)22-46/h10-11,15-18,24-25H,6-9,12-14,19-23H2,1-5H3,(H,42,48). The van der Waals surface area contributed by atoms with E-state index in [1.165, 1.54) is 30.5 Å². The van der Waals surface area contributed by atoms with Gasteiger partial charge in [-0.1, -0.05) is 25.1 Å². The van der Waals surface area contributed by atoms with Crippen LogP contribution in [0.5, 0.6) is 17.2 Å². The molecular formula is C39H48F2N6O8S.